The van der Waals surface area contributed by atoms with Crippen LogP contribution in [0.5, 0.6) is 11.5 Å². The van der Waals surface area contributed by atoms with E-state index in [1.807, 2.05) is 41.3 Å². The lowest BCUT2D eigenvalue weighted by molar-refractivity contribution is -0.139. The summed E-state index contributed by atoms with van der Waals surface area (Å²) in [5.41, 5.74) is 1.93. The Labute approximate surface area is 175 Å². The molecule has 0 unspecified atom stereocenters. The smallest absolute Gasteiger partial charge is 0.355 e. The number of carbonyl (C=O) groups is 2. The Morgan fingerprint density at radius 3 is 1.70 bits per heavy atom. The number of hydrogen-bond donors (Lipinski definition) is 0. The van der Waals surface area contributed by atoms with E-state index < -0.39 is 11.9 Å². The van der Waals surface area contributed by atoms with Gasteiger partial charge in [-0.05, 0) is 48.5 Å². The summed E-state index contributed by atoms with van der Waals surface area (Å²) in [6, 6.07) is 14.7. The third kappa shape index (κ3) is 4.17. The Morgan fingerprint density at radius 1 is 0.733 bits per heavy atom. The van der Waals surface area contributed by atoms with E-state index >= 15 is 0 Å². The Balaban J connectivity index is 2.10. The number of methoxy groups -OCH3 is 4. The first-order valence-corrected chi connectivity index (χ1v) is 9.22. The fourth-order valence-electron chi connectivity index (χ4n) is 3.27. The fourth-order valence-corrected chi connectivity index (χ4v) is 3.27. The van der Waals surface area contributed by atoms with Crippen LogP contribution in [0.25, 0.3) is 0 Å². The SMILES string of the molecule is COC(=O)C1=C(C(=O)OC)N(c2ccc(OC)cc2)CN(c2ccc(OC)cc2)C1. The second kappa shape index (κ2) is 9.21. The molecule has 0 atom stereocenters. The minimum Gasteiger partial charge on any atom is -0.497 e. The van der Waals surface area contributed by atoms with Gasteiger partial charge < -0.3 is 28.7 Å². The molecule has 0 amide bonds. The number of ether oxygens (including phenoxy) is 4. The topological polar surface area (TPSA) is 77.5 Å². The average Bonchev–Trinajstić information content (AvgIpc) is 2.82. The van der Waals surface area contributed by atoms with Crippen molar-refractivity contribution in [2.24, 2.45) is 0 Å². The van der Waals surface area contributed by atoms with Gasteiger partial charge in [-0.2, -0.15) is 0 Å². The molecule has 0 bridgehead atoms. The number of rotatable bonds is 6. The summed E-state index contributed by atoms with van der Waals surface area (Å²) < 4.78 is 20.4. The predicted molar refractivity (Wildman–Crippen MR) is 112 cm³/mol. The molecule has 158 valence electrons. The van der Waals surface area contributed by atoms with E-state index in [1.54, 1.807) is 31.3 Å². The van der Waals surface area contributed by atoms with Crippen LogP contribution in [0.2, 0.25) is 0 Å². The number of anilines is 2. The molecule has 0 saturated heterocycles. The number of hydrogen-bond acceptors (Lipinski definition) is 8. The summed E-state index contributed by atoms with van der Waals surface area (Å²) in [6.45, 7) is 0.514. The maximum absolute atomic E-state index is 12.6. The van der Waals surface area contributed by atoms with Crippen LogP contribution in [0.3, 0.4) is 0 Å². The standard InChI is InChI=1S/C22H24N2O6/c1-27-17-9-5-15(6-10-17)23-13-19(21(25)29-3)20(22(26)30-4)24(14-23)16-7-11-18(28-2)12-8-16/h5-12H,13-14H2,1-4H3. The first-order chi connectivity index (χ1) is 14.5. The van der Waals surface area contributed by atoms with E-state index in [9.17, 15) is 9.59 Å². The Morgan fingerprint density at radius 2 is 1.23 bits per heavy atom. The average molecular weight is 412 g/mol. The van der Waals surface area contributed by atoms with Gasteiger partial charge >= 0.3 is 11.9 Å². The van der Waals surface area contributed by atoms with Gasteiger partial charge in [0.2, 0.25) is 0 Å². The van der Waals surface area contributed by atoms with Crippen molar-refractivity contribution in [3.8, 4) is 11.5 Å². The molecular formula is C22H24N2O6. The van der Waals surface area contributed by atoms with Crippen LogP contribution in [0, 0.1) is 0 Å². The van der Waals surface area contributed by atoms with Crippen molar-refractivity contribution < 1.29 is 28.5 Å². The summed E-state index contributed by atoms with van der Waals surface area (Å²) >= 11 is 0. The maximum Gasteiger partial charge on any atom is 0.355 e. The second-order valence-electron chi connectivity index (χ2n) is 6.47. The molecule has 1 aliphatic rings. The summed E-state index contributed by atoms with van der Waals surface area (Å²) in [5, 5.41) is 0. The predicted octanol–water partition coefficient (Wildman–Crippen LogP) is 2.59. The van der Waals surface area contributed by atoms with Gasteiger partial charge in [0.1, 0.15) is 17.2 Å². The summed E-state index contributed by atoms with van der Waals surface area (Å²) in [5.74, 6) is 0.203. The summed E-state index contributed by atoms with van der Waals surface area (Å²) in [7, 11) is 5.75. The molecule has 8 nitrogen and oxygen atoms in total. The number of nitrogens with zero attached hydrogens (tertiary/aromatic N) is 2. The summed E-state index contributed by atoms with van der Waals surface area (Å²) in [4.78, 5) is 28.9. The highest BCUT2D eigenvalue weighted by molar-refractivity contribution is 6.04. The zero-order valence-electron chi connectivity index (χ0n) is 17.4. The Kier molecular flexibility index (Phi) is 6.46. The van der Waals surface area contributed by atoms with Crippen molar-refractivity contribution in [3.05, 3.63) is 59.8 Å². The molecule has 30 heavy (non-hydrogen) atoms. The molecule has 0 radical (unpaired) electrons. The Hall–Kier alpha value is -3.68. The van der Waals surface area contributed by atoms with Gasteiger partial charge in [-0.3, -0.25) is 0 Å². The lowest BCUT2D eigenvalue weighted by Gasteiger charge is -2.39. The molecule has 8 heteroatoms. The van der Waals surface area contributed by atoms with Gasteiger partial charge in [-0.15, -0.1) is 0 Å². The lowest BCUT2D eigenvalue weighted by Crippen LogP contribution is -2.48. The zero-order chi connectivity index (χ0) is 21.7. The fraction of sp³-hybridized carbons (Fsp3) is 0.273. The van der Waals surface area contributed by atoms with Crippen molar-refractivity contribution in [2.75, 3.05) is 51.5 Å². The quantitative estimate of drug-likeness (QED) is 0.670. The number of carbonyl (C=O) groups excluding carboxylic acids is 2. The maximum atomic E-state index is 12.6. The molecule has 1 aliphatic heterocycles. The van der Waals surface area contributed by atoms with Crippen LogP contribution in [-0.2, 0) is 19.1 Å². The van der Waals surface area contributed by atoms with Crippen molar-refractivity contribution >= 4 is 23.3 Å². The van der Waals surface area contributed by atoms with Crippen LogP contribution in [0.1, 0.15) is 0 Å². The monoisotopic (exact) mass is 412 g/mol. The van der Waals surface area contributed by atoms with Crippen molar-refractivity contribution in [1.82, 2.24) is 0 Å². The van der Waals surface area contributed by atoms with Crippen molar-refractivity contribution in [1.29, 1.82) is 0 Å². The van der Waals surface area contributed by atoms with E-state index in [0.717, 1.165) is 11.4 Å². The van der Waals surface area contributed by atoms with Crippen LogP contribution in [-0.4, -0.2) is 53.6 Å². The molecular weight excluding hydrogens is 388 g/mol. The molecule has 0 fully saturated rings. The molecule has 2 aromatic carbocycles. The highest BCUT2D eigenvalue weighted by atomic mass is 16.5. The third-order valence-electron chi connectivity index (χ3n) is 4.85. The molecule has 0 aromatic heterocycles. The largest absolute Gasteiger partial charge is 0.497 e. The second-order valence-corrected chi connectivity index (χ2v) is 6.47. The van der Waals surface area contributed by atoms with Gasteiger partial charge in [0, 0.05) is 11.4 Å². The van der Waals surface area contributed by atoms with E-state index in [1.165, 1.54) is 14.2 Å². The van der Waals surface area contributed by atoms with Gasteiger partial charge in [0.05, 0.1) is 47.2 Å². The van der Waals surface area contributed by atoms with Crippen molar-refractivity contribution in [3.63, 3.8) is 0 Å². The van der Waals surface area contributed by atoms with Gasteiger partial charge in [0.15, 0.2) is 0 Å². The lowest BCUT2D eigenvalue weighted by atomic mass is 10.1. The van der Waals surface area contributed by atoms with E-state index in [-0.39, 0.29) is 17.8 Å². The Bertz CT molecular complexity index is 937. The molecule has 0 N–H and O–H groups in total. The van der Waals surface area contributed by atoms with Crippen LogP contribution in [0.15, 0.2) is 59.8 Å². The van der Waals surface area contributed by atoms with Gasteiger partial charge in [0.25, 0.3) is 0 Å². The van der Waals surface area contributed by atoms with Crippen LogP contribution in [0.4, 0.5) is 11.4 Å². The highest BCUT2D eigenvalue weighted by Gasteiger charge is 2.35. The normalized spacial score (nSPS) is 13.7. The molecule has 1 heterocycles. The van der Waals surface area contributed by atoms with Gasteiger partial charge in [-0.1, -0.05) is 0 Å². The van der Waals surface area contributed by atoms with E-state index in [4.69, 9.17) is 18.9 Å². The third-order valence-corrected chi connectivity index (χ3v) is 4.85. The number of esters is 2. The number of benzene rings is 2. The first-order valence-electron chi connectivity index (χ1n) is 9.22. The zero-order valence-corrected chi connectivity index (χ0v) is 17.4. The molecule has 3 rings (SSSR count). The minimum atomic E-state index is -0.611. The van der Waals surface area contributed by atoms with Crippen LogP contribution >= 0.6 is 0 Å². The first kappa shape index (κ1) is 21.0. The molecule has 0 saturated carbocycles. The molecule has 2 aromatic rings. The van der Waals surface area contributed by atoms with Crippen molar-refractivity contribution in [2.45, 2.75) is 0 Å². The molecule has 0 spiro atoms. The molecule has 0 aliphatic carbocycles. The van der Waals surface area contributed by atoms with Gasteiger partial charge in [-0.25, -0.2) is 9.59 Å². The van der Waals surface area contributed by atoms with E-state index in [2.05, 4.69) is 0 Å². The van der Waals surface area contributed by atoms with Crippen LogP contribution < -0.4 is 19.3 Å². The highest BCUT2D eigenvalue weighted by Crippen LogP contribution is 2.32. The van der Waals surface area contributed by atoms with E-state index in [0.29, 0.717) is 18.1 Å². The minimum absolute atomic E-state index is 0.152. The summed E-state index contributed by atoms with van der Waals surface area (Å²) in [6.07, 6.45) is 0.